The topological polar surface area (TPSA) is 33.3 Å². The lowest BCUT2D eigenvalue weighted by Crippen LogP contribution is -2.23. The van der Waals surface area contributed by atoms with E-state index < -0.39 is 0 Å². The van der Waals surface area contributed by atoms with Gasteiger partial charge in [-0.25, -0.2) is 0 Å². The van der Waals surface area contributed by atoms with E-state index in [-0.39, 0.29) is 0 Å². The van der Waals surface area contributed by atoms with E-state index in [4.69, 9.17) is 4.74 Å². The molecule has 3 heteroatoms. The van der Waals surface area contributed by atoms with Gasteiger partial charge in [-0.15, -0.1) is 0 Å². The van der Waals surface area contributed by atoms with Gasteiger partial charge in [0.15, 0.2) is 0 Å². The predicted octanol–water partition coefficient (Wildman–Crippen LogP) is 4.07. The quantitative estimate of drug-likeness (QED) is 0.649. The highest BCUT2D eigenvalue weighted by molar-refractivity contribution is 5.56. The van der Waals surface area contributed by atoms with Crippen LogP contribution < -0.4 is 15.4 Å². The number of rotatable bonds is 10. The number of anilines is 1. The first-order valence-corrected chi connectivity index (χ1v) is 8.10. The fourth-order valence-electron chi connectivity index (χ4n) is 2.19. The Labute approximate surface area is 133 Å². The van der Waals surface area contributed by atoms with E-state index in [9.17, 15) is 0 Å². The Morgan fingerprint density at radius 2 is 1.64 bits per heavy atom. The average Bonchev–Trinajstić information content (AvgIpc) is 2.58. The maximum absolute atomic E-state index is 5.94. The summed E-state index contributed by atoms with van der Waals surface area (Å²) in [5.41, 5.74) is 2.23. The third-order valence-electron chi connectivity index (χ3n) is 3.45. The lowest BCUT2D eigenvalue weighted by atomic mass is 10.2. The smallest absolute Gasteiger partial charge is 0.142 e. The van der Waals surface area contributed by atoms with Crippen molar-refractivity contribution in [1.29, 1.82) is 0 Å². The van der Waals surface area contributed by atoms with Gasteiger partial charge < -0.3 is 15.4 Å². The average molecular weight is 298 g/mol. The molecular formula is C19H26N2O. The highest BCUT2D eigenvalue weighted by Crippen LogP contribution is 2.24. The van der Waals surface area contributed by atoms with Gasteiger partial charge in [0, 0.05) is 13.1 Å². The minimum atomic E-state index is 0.592. The van der Waals surface area contributed by atoms with Gasteiger partial charge in [-0.2, -0.15) is 0 Å². The highest BCUT2D eigenvalue weighted by atomic mass is 16.5. The summed E-state index contributed by atoms with van der Waals surface area (Å²) in [5.74, 6) is 0.903. The van der Waals surface area contributed by atoms with Crippen LogP contribution >= 0.6 is 0 Å². The Bertz CT molecular complexity index is 528. The second-order valence-electron chi connectivity index (χ2n) is 5.30. The van der Waals surface area contributed by atoms with Crippen LogP contribution in [-0.4, -0.2) is 19.6 Å². The zero-order valence-corrected chi connectivity index (χ0v) is 13.3. The van der Waals surface area contributed by atoms with E-state index in [2.05, 4.69) is 35.8 Å². The molecule has 0 heterocycles. The Kier molecular flexibility index (Phi) is 7.33. The zero-order valence-electron chi connectivity index (χ0n) is 13.3. The molecule has 3 nitrogen and oxygen atoms in total. The Balaban J connectivity index is 1.79. The van der Waals surface area contributed by atoms with Gasteiger partial charge in [-0.05, 0) is 30.7 Å². The Morgan fingerprint density at radius 1 is 0.864 bits per heavy atom. The van der Waals surface area contributed by atoms with Gasteiger partial charge >= 0.3 is 0 Å². The summed E-state index contributed by atoms with van der Waals surface area (Å²) in [4.78, 5) is 0. The fraction of sp³-hybridized carbons (Fsp3) is 0.368. The maximum atomic E-state index is 5.94. The van der Waals surface area contributed by atoms with Gasteiger partial charge in [0.25, 0.3) is 0 Å². The van der Waals surface area contributed by atoms with Crippen molar-refractivity contribution in [2.75, 3.05) is 25.0 Å². The number of ether oxygens (including phenoxy) is 1. The van der Waals surface area contributed by atoms with E-state index in [1.54, 1.807) is 0 Å². The largest absolute Gasteiger partial charge is 0.487 e. The van der Waals surface area contributed by atoms with Gasteiger partial charge in [0.05, 0.1) is 5.69 Å². The van der Waals surface area contributed by atoms with Crippen LogP contribution in [0.1, 0.15) is 25.3 Å². The summed E-state index contributed by atoms with van der Waals surface area (Å²) >= 11 is 0. The molecule has 0 aliphatic rings. The van der Waals surface area contributed by atoms with Crippen molar-refractivity contribution >= 4 is 5.69 Å². The third kappa shape index (κ3) is 5.78. The lowest BCUT2D eigenvalue weighted by Gasteiger charge is -2.13. The number of nitrogens with one attached hydrogen (secondary N) is 2. The summed E-state index contributed by atoms with van der Waals surface area (Å²) in [7, 11) is 0. The van der Waals surface area contributed by atoms with Gasteiger partial charge in [0.2, 0.25) is 0 Å². The number of unbranched alkanes of at least 4 members (excludes halogenated alkanes) is 1. The van der Waals surface area contributed by atoms with Crippen LogP contribution in [0.2, 0.25) is 0 Å². The van der Waals surface area contributed by atoms with Gasteiger partial charge in [0.1, 0.15) is 12.4 Å². The van der Waals surface area contributed by atoms with Crippen molar-refractivity contribution in [3.63, 3.8) is 0 Å². The fourth-order valence-corrected chi connectivity index (χ4v) is 2.19. The summed E-state index contributed by atoms with van der Waals surface area (Å²) in [6.45, 7) is 5.75. The van der Waals surface area contributed by atoms with Crippen molar-refractivity contribution in [2.45, 2.75) is 26.4 Å². The first-order chi connectivity index (χ1) is 10.9. The zero-order chi connectivity index (χ0) is 15.5. The molecule has 2 aromatic carbocycles. The molecule has 0 aromatic heterocycles. The van der Waals surface area contributed by atoms with E-state index in [0.29, 0.717) is 6.61 Å². The molecule has 0 unspecified atom stereocenters. The summed E-state index contributed by atoms with van der Waals surface area (Å²) in [6, 6.07) is 18.3. The molecule has 0 amide bonds. The molecule has 0 atom stereocenters. The Hall–Kier alpha value is -2.00. The predicted molar refractivity (Wildman–Crippen MR) is 93.5 cm³/mol. The number of hydrogen-bond acceptors (Lipinski definition) is 3. The van der Waals surface area contributed by atoms with Crippen LogP contribution in [0.4, 0.5) is 5.69 Å². The summed E-state index contributed by atoms with van der Waals surface area (Å²) in [5, 5.41) is 6.87. The molecular weight excluding hydrogens is 272 g/mol. The van der Waals surface area contributed by atoms with Crippen LogP contribution in [-0.2, 0) is 6.61 Å². The molecule has 0 saturated carbocycles. The number of para-hydroxylation sites is 2. The minimum absolute atomic E-state index is 0.592. The SMILES string of the molecule is CCCCNCCNc1ccccc1OCc1ccccc1. The van der Waals surface area contributed by atoms with Crippen LogP contribution in [0.15, 0.2) is 54.6 Å². The third-order valence-corrected chi connectivity index (χ3v) is 3.45. The normalized spacial score (nSPS) is 10.4. The van der Waals surface area contributed by atoms with Crippen molar-refractivity contribution in [1.82, 2.24) is 5.32 Å². The summed E-state index contributed by atoms with van der Waals surface area (Å²) in [6.07, 6.45) is 2.47. The molecule has 0 saturated heterocycles. The molecule has 0 aliphatic carbocycles. The highest BCUT2D eigenvalue weighted by Gasteiger charge is 2.02. The standard InChI is InChI=1S/C19H26N2O/c1-2-3-13-20-14-15-21-18-11-7-8-12-19(18)22-16-17-9-5-4-6-10-17/h4-12,20-21H,2-3,13-16H2,1H3. The van der Waals surface area contributed by atoms with E-state index in [0.717, 1.165) is 31.1 Å². The number of benzene rings is 2. The minimum Gasteiger partial charge on any atom is -0.487 e. The first kappa shape index (κ1) is 16.4. The molecule has 2 rings (SSSR count). The van der Waals surface area contributed by atoms with Crippen molar-refractivity contribution < 1.29 is 4.74 Å². The van der Waals surface area contributed by atoms with Crippen LogP contribution in [0, 0.1) is 0 Å². The molecule has 0 fully saturated rings. The number of hydrogen-bond donors (Lipinski definition) is 2. The Morgan fingerprint density at radius 3 is 2.45 bits per heavy atom. The van der Waals surface area contributed by atoms with Crippen molar-refractivity contribution in [2.24, 2.45) is 0 Å². The van der Waals surface area contributed by atoms with Gasteiger partial charge in [-0.3, -0.25) is 0 Å². The monoisotopic (exact) mass is 298 g/mol. The molecule has 22 heavy (non-hydrogen) atoms. The van der Waals surface area contributed by atoms with E-state index in [1.807, 2.05) is 36.4 Å². The summed E-state index contributed by atoms with van der Waals surface area (Å²) < 4.78 is 5.94. The molecule has 0 bridgehead atoms. The van der Waals surface area contributed by atoms with Crippen molar-refractivity contribution in [3.8, 4) is 5.75 Å². The maximum Gasteiger partial charge on any atom is 0.142 e. The van der Waals surface area contributed by atoms with Crippen molar-refractivity contribution in [3.05, 3.63) is 60.2 Å². The van der Waals surface area contributed by atoms with E-state index in [1.165, 1.54) is 18.4 Å². The van der Waals surface area contributed by atoms with Crippen LogP contribution in [0.3, 0.4) is 0 Å². The first-order valence-electron chi connectivity index (χ1n) is 8.10. The van der Waals surface area contributed by atoms with Crippen LogP contribution in [0.5, 0.6) is 5.75 Å². The van der Waals surface area contributed by atoms with Gasteiger partial charge in [-0.1, -0.05) is 55.8 Å². The molecule has 0 spiro atoms. The van der Waals surface area contributed by atoms with E-state index >= 15 is 0 Å². The lowest BCUT2D eigenvalue weighted by molar-refractivity contribution is 0.307. The molecule has 118 valence electrons. The second-order valence-corrected chi connectivity index (χ2v) is 5.30. The molecule has 2 N–H and O–H groups in total. The molecule has 2 aromatic rings. The second kappa shape index (κ2) is 9.85. The van der Waals surface area contributed by atoms with Crippen LogP contribution in [0.25, 0.3) is 0 Å². The molecule has 0 aliphatic heterocycles. The molecule has 0 radical (unpaired) electrons.